The monoisotopic (exact) mass is 522 g/mol. The van der Waals surface area contributed by atoms with E-state index in [1.807, 2.05) is 45.9 Å². The predicted molar refractivity (Wildman–Crippen MR) is 135 cm³/mol. The Bertz CT molecular complexity index is 1160. The number of anilines is 1. The highest BCUT2D eigenvalue weighted by atomic mass is 32.2. The number of carboxylic acids is 1. The third-order valence-corrected chi connectivity index (χ3v) is 5.49. The highest BCUT2D eigenvalue weighted by Gasteiger charge is 2.30. The molecule has 36 heavy (non-hydrogen) atoms. The molecule has 0 saturated heterocycles. The molecular formula is C25H29F3N4O3S. The van der Waals surface area contributed by atoms with Crippen molar-refractivity contribution in [2.45, 2.75) is 51.2 Å². The number of carbonyl (C=O) groups is 1. The lowest BCUT2D eigenvalue weighted by Gasteiger charge is -2.16. The molecule has 194 valence electrons. The third kappa shape index (κ3) is 8.72. The number of nitrogens with two attached hydrogens (primary N) is 1. The van der Waals surface area contributed by atoms with Crippen molar-refractivity contribution in [1.82, 2.24) is 9.97 Å². The number of nitrogens with one attached hydrogen (secondary N) is 1. The summed E-state index contributed by atoms with van der Waals surface area (Å²) in [5.74, 6) is -0.848. The molecule has 7 nitrogen and oxygen atoms in total. The normalized spacial score (nSPS) is 11.8. The van der Waals surface area contributed by atoms with Crippen LogP contribution in [0.1, 0.15) is 41.8 Å². The molecule has 0 aliphatic carbocycles. The summed E-state index contributed by atoms with van der Waals surface area (Å²) in [6, 6.07) is 12.3. The first-order valence-electron chi connectivity index (χ1n) is 11.2. The molecule has 0 amide bonds. The summed E-state index contributed by atoms with van der Waals surface area (Å²) in [7, 11) is 0. The van der Waals surface area contributed by atoms with E-state index >= 15 is 0 Å². The fraction of sp³-hybridized carbons (Fsp3) is 0.320. The number of alkyl halides is 3. The number of aromatic nitrogens is 2. The summed E-state index contributed by atoms with van der Waals surface area (Å²) in [6.07, 6.45) is -5.57. The first-order chi connectivity index (χ1) is 17.0. The SMILES string of the molecule is CC.Cc1cccc(C)c1-c1cc(OCC(N)CC(F)(F)F)nc(NSc2cccc(C(=O)O)c2)n1. The van der Waals surface area contributed by atoms with Crippen LogP contribution in [0.3, 0.4) is 0 Å². The van der Waals surface area contributed by atoms with Crippen molar-refractivity contribution >= 4 is 23.9 Å². The number of benzene rings is 2. The highest BCUT2D eigenvalue weighted by Crippen LogP contribution is 2.30. The molecule has 0 saturated carbocycles. The number of ether oxygens (including phenoxy) is 1. The van der Waals surface area contributed by atoms with E-state index in [0.717, 1.165) is 28.6 Å². The number of hydrogen-bond acceptors (Lipinski definition) is 7. The number of carboxylic acid groups (broad SMARTS) is 1. The van der Waals surface area contributed by atoms with E-state index in [1.165, 1.54) is 12.1 Å². The molecule has 4 N–H and O–H groups in total. The Hall–Kier alpha value is -3.31. The van der Waals surface area contributed by atoms with Gasteiger partial charge < -0.3 is 15.6 Å². The van der Waals surface area contributed by atoms with E-state index in [2.05, 4.69) is 14.7 Å². The van der Waals surface area contributed by atoms with Gasteiger partial charge >= 0.3 is 12.1 Å². The lowest BCUT2D eigenvalue weighted by molar-refractivity contribution is -0.139. The van der Waals surface area contributed by atoms with Gasteiger partial charge in [-0.05, 0) is 55.1 Å². The zero-order chi connectivity index (χ0) is 26.9. The molecule has 1 heterocycles. The van der Waals surface area contributed by atoms with Crippen LogP contribution in [-0.4, -0.2) is 39.9 Å². The van der Waals surface area contributed by atoms with Crippen LogP contribution in [0.4, 0.5) is 19.1 Å². The first kappa shape index (κ1) is 28.9. The van der Waals surface area contributed by atoms with Gasteiger partial charge in [-0.15, -0.1) is 0 Å². The molecule has 0 spiro atoms. The van der Waals surface area contributed by atoms with Gasteiger partial charge in [-0.1, -0.05) is 38.1 Å². The van der Waals surface area contributed by atoms with Crippen molar-refractivity contribution in [2.24, 2.45) is 5.73 Å². The maximum Gasteiger partial charge on any atom is 0.390 e. The first-order valence-corrected chi connectivity index (χ1v) is 12.0. The summed E-state index contributed by atoms with van der Waals surface area (Å²) < 4.78 is 46.2. The molecule has 0 aliphatic heterocycles. The molecule has 3 rings (SSSR count). The lowest BCUT2D eigenvalue weighted by atomic mass is 10.00. The van der Waals surface area contributed by atoms with E-state index < -0.39 is 24.6 Å². The van der Waals surface area contributed by atoms with Gasteiger partial charge in [-0.2, -0.15) is 18.2 Å². The van der Waals surface area contributed by atoms with Gasteiger partial charge in [-0.3, -0.25) is 4.72 Å². The molecule has 1 unspecified atom stereocenters. The van der Waals surface area contributed by atoms with Gasteiger partial charge in [-0.25, -0.2) is 9.78 Å². The summed E-state index contributed by atoms with van der Waals surface area (Å²) in [5.41, 5.74) is 8.95. The van der Waals surface area contributed by atoms with Crippen molar-refractivity contribution in [3.05, 3.63) is 65.2 Å². The fourth-order valence-corrected chi connectivity index (χ4v) is 3.87. The number of halogens is 3. The Balaban J connectivity index is 0.00000222. The Morgan fingerprint density at radius 1 is 1.11 bits per heavy atom. The molecular weight excluding hydrogens is 493 g/mol. The quantitative estimate of drug-likeness (QED) is 0.282. The van der Waals surface area contributed by atoms with Crippen molar-refractivity contribution in [3.8, 4) is 17.1 Å². The minimum Gasteiger partial charge on any atom is -0.478 e. The fourth-order valence-electron chi connectivity index (χ4n) is 3.24. The summed E-state index contributed by atoms with van der Waals surface area (Å²) in [6.45, 7) is 7.46. The standard InChI is InChI=1S/C23H23F3N4O3S.C2H6/c1-13-5-3-6-14(2)20(13)18-10-19(33-12-16(27)11-23(24,25)26)29-22(28-18)30-34-17-8-4-7-15(9-17)21(31)32;1-2/h3-10,16H,11-12,27H2,1-2H3,(H,31,32)(H,28,29,30);1-2H3. The van der Waals surface area contributed by atoms with Gasteiger partial charge in [0.15, 0.2) is 0 Å². The summed E-state index contributed by atoms with van der Waals surface area (Å²) in [4.78, 5) is 20.6. The Morgan fingerprint density at radius 2 is 1.75 bits per heavy atom. The molecule has 1 aromatic heterocycles. The molecule has 0 aliphatic rings. The van der Waals surface area contributed by atoms with Crippen molar-refractivity contribution < 1.29 is 27.8 Å². The second-order valence-electron chi connectivity index (χ2n) is 7.61. The van der Waals surface area contributed by atoms with Gasteiger partial charge in [0.2, 0.25) is 11.8 Å². The van der Waals surface area contributed by atoms with E-state index in [-0.39, 0.29) is 24.0 Å². The molecule has 1 atom stereocenters. The number of rotatable bonds is 9. The van der Waals surface area contributed by atoms with E-state index in [0.29, 0.717) is 10.6 Å². The molecule has 11 heteroatoms. The average molecular weight is 523 g/mol. The Labute approximate surface area is 212 Å². The lowest BCUT2D eigenvalue weighted by Crippen LogP contribution is -2.33. The molecule has 0 radical (unpaired) electrons. The Morgan fingerprint density at radius 3 is 2.36 bits per heavy atom. The summed E-state index contributed by atoms with van der Waals surface area (Å²) >= 11 is 1.09. The van der Waals surface area contributed by atoms with Crippen molar-refractivity contribution in [3.63, 3.8) is 0 Å². The molecule has 3 aromatic rings. The Kier molecular flexibility index (Phi) is 10.5. The highest BCUT2D eigenvalue weighted by molar-refractivity contribution is 8.00. The van der Waals surface area contributed by atoms with Crippen LogP contribution in [0.15, 0.2) is 53.4 Å². The van der Waals surface area contributed by atoms with Crippen LogP contribution >= 0.6 is 11.9 Å². The van der Waals surface area contributed by atoms with Gasteiger partial charge in [0.25, 0.3) is 0 Å². The second kappa shape index (κ2) is 13.1. The van der Waals surface area contributed by atoms with Crippen LogP contribution in [0.25, 0.3) is 11.3 Å². The number of aryl methyl sites for hydroxylation is 2. The minimum absolute atomic E-state index is 0.0627. The topological polar surface area (TPSA) is 110 Å². The average Bonchev–Trinajstić information content (AvgIpc) is 2.82. The van der Waals surface area contributed by atoms with Crippen LogP contribution < -0.4 is 15.2 Å². The van der Waals surface area contributed by atoms with Crippen molar-refractivity contribution in [2.75, 3.05) is 11.3 Å². The van der Waals surface area contributed by atoms with Crippen LogP contribution in [-0.2, 0) is 0 Å². The van der Waals surface area contributed by atoms with E-state index in [9.17, 15) is 18.0 Å². The van der Waals surface area contributed by atoms with Crippen LogP contribution in [0.5, 0.6) is 5.88 Å². The predicted octanol–water partition coefficient (Wildman–Crippen LogP) is 6.26. The van der Waals surface area contributed by atoms with Gasteiger partial charge in [0, 0.05) is 22.6 Å². The number of nitrogens with zero attached hydrogens (tertiary/aromatic N) is 2. The minimum atomic E-state index is -4.40. The number of aromatic carboxylic acids is 1. The molecule has 2 aromatic carbocycles. The smallest absolute Gasteiger partial charge is 0.390 e. The van der Waals surface area contributed by atoms with E-state index in [4.69, 9.17) is 15.6 Å². The van der Waals surface area contributed by atoms with Gasteiger partial charge in [0.05, 0.1) is 17.7 Å². The van der Waals surface area contributed by atoms with Gasteiger partial charge in [0.1, 0.15) is 6.61 Å². The summed E-state index contributed by atoms with van der Waals surface area (Å²) in [5, 5.41) is 9.17. The largest absolute Gasteiger partial charge is 0.478 e. The number of hydrogen-bond donors (Lipinski definition) is 3. The van der Waals surface area contributed by atoms with Crippen LogP contribution in [0, 0.1) is 13.8 Å². The molecule has 0 fully saturated rings. The maximum absolute atomic E-state index is 12.6. The second-order valence-corrected chi connectivity index (χ2v) is 8.49. The zero-order valence-corrected chi connectivity index (χ0v) is 21.2. The zero-order valence-electron chi connectivity index (χ0n) is 20.4. The maximum atomic E-state index is 12.6. The van der Waals surface area contributed by atoms with Crippen molar-refractivity contribution in [1.29, 1.82) is 0 Å². The van der Waals surface area contributed by atoms with E-state index in [1.54, 1.807) is 18.2 Å². The third-order valence-electron chi connectivity index (χ3n) is 4.72. The molecule has 0 bridgehead atoms. The van der Waals surface area contributed by atoms with Crippen LogP contribution in [0.2, 0.25) is 0 Å².